The molecule has 2 aromatic rings. The lowest BCUT2D eigenvalue weighted by molar-refractivity contribution is -0.131. The van der Waals surface area contributed by atoms with Crippen molar-refractivity contribution in [3.8, 4) is 0 Å². The second kappa shape index (κ2) is 26.5. The van der Waals surface area contributed by atoms with Crippen LogP contribution in [0.5, 0.6) is 0 Å². The van der Waals surface area contributed by atoms with E-state index in [1.807, 2.05) is 12.3 Å². The maximum absolute atomic E-state index is 12.4. The Labute approximate surface area is 337 Å². The Kier molecular flexibility index (Phi) is 22.6. The van der Waals surface area contributed by atoms with Gasteiger partial charge in [0.1, 0.15) is 17.0 Å². The molecule has 0 spiro atoms. The number of hydrogen-bond donors (Lipinski definition) is 4. The largest absolute Gasteiger partial charge is 0.349 e. The average molecular weight is 815 g/mol. The highest BCUT2D eigenvalue weighted by Gasteiger charge is 2.20. The van der Waals surface area contributed by atoms with Crippen LogP contribution in [0.15, 0.2) is 20.7 Å². The number of likely N-dealkylation sites (N-methyl/N-ethyl adjacent to an activating group) is 1. The molecule has 4 N–H and O–H groups in total. The normalized spacial score (nSPS) is 16.8. The molecule has 56 heavy (non-hydrogen) atoms. The van der Waals surface area contributed by atoms with Crippen molar-refractivity contribution in [3.05, 3.63) is 32.2 Å². The molecule has 0 bridgehead atoms. The van der Waals surface area contributed by atoms with Gasteiger partial charge in [-0.1, -0.05) is 20.8 Å². The standard InChI is InChI=1S/C25H34N6O6S2.C7H11NO.C7H13N/c1-4-16(26-3)19(33)8-22(36)27-10-21(35)18-13-39-24(31-18)7-6-15-12-38-25(30-15)11-28-23(37)9-20(34)17(5-2)29-14-32;1-6-2-3-7(8-6)4-5-9;1-3-7-5-4-6(2)8-7/h12-14,16-17,26H,4-11H2,1-3H3,(H,27,36)(H,28,37)(H,29,32);5-6H,2-4H2,1H3;6H,3-5H2,1-2H3/t;;6-/m..0/s1. The van der Waals surface area contributed by atoms with Gasteiger partial charge >= 0.3 is 0 Å². The highest BCUT2D eigenvalue weighted by Crippen LogP contribution is 2.17. The van der Waals surface area contributed by atoms with Crippen LogP contribution < -0.4 is 21.3 Å². The summed E-state index contributed by atoms with van der Waals surface area (Å²) in [4.78, 5) is 98.6. The van der Waals surface area contributed by atoms with E-state index in [0.29, 0.717) is 55.6 Å². The lowest BCUT2D eigenvalue weighted by Crippen LogP contribution is -2.38. The number of carbonyl (C=O) groups is 7. The molecule has 3 amide bonds. The molecule has 4 atom stereocenters. The Bertz CT molecular complexity index is 1670. The van der Waals surface area contributed by atoms with Crippen molar-refractivity contribution < 1.29 is 33.6 Å². The molecular formula is C39H58N8O7S2. The second-order valence-corrected chi connectivity index (χ2v) is 15.4. The van der Waals surface area contributed by atoms with E-state index in [0.717, 1.165) is 42.0 Å². The maximum atomic E-state index is 12.4. The number of aromatic nitrogens is 2. The summed E-state index contributed by atoms with van der Waals surface area (Å²) < 4.78 is 0. The van der Waals surface area contributed by atoms with Gasteiger partial charge in [0.2, 0.25) is 24.0 Å². The zero-order chi connectivity index (χ0) is 41.5. The summed E-state index contributed by atoms with van der Waals surface area (Å²) in [6, 6.07) is 0.0137. The number of aryl methyl sites for hydroxylation is 2. The zero-order valence-corrected chi connectivity index (χ0v) is 35.1. The minimum Gasteiger partial charge on any atom is -0.349 e. The van der Waals surface area contributed by atoms with Crippen LogP contribution >= 0.6 is 22.7 Å². The SMILES string of the molecule is CC1CCC(CC=O)=N1.CCC(NC)C(=O)CC(=O)NCC(=O)c1csc(CCc2csc(CNC(=O)CC(=O)C(CC)NC=O)n2)n1.CCC1=N[C@@H](C)CC1. The van der Waals surface area contributed by atoms with Gasteiger partial charge < -0.3 is 26.1 Å². The van der Waals surface area contributed by atoms with Gasteiger partial charge in [-0.25, -0.2) is 9.97 Å². The van der Waals surface area contributed by atoms with E-state index < -0.39 is 17.9 Å². The maximum Gasteiger partial charge on any atom is 0.227 e. The highest BCUT2D eigenvalue weighted by atomic mass is 32.1. The van der Waals surface area contributed by atoms with Crippen LogP contribution in [0.3, 0.4) is 0 Å². The molecule has 17 heteroatoms. The Morgan fingerprint density at radius 3 is 1.95 bits per heavy atom. The molecule has 3 unspecified atom stereocenters. The third-order valence-electron chi connectivity index (χ3n) is 9.03. The number of rotatable bonds is 22. The topological polar surface area (TPSA) is 218 Å². The molecule has 2 aliphatic rings. The number of aldehydes is 1. The predicted octanol–water partition coefficient (Wildman–Crippen LogP) is 3.96. The van der Waals surface area contributed by atoms with Crippen molar-refractivity contribution in [1.82, 2.24) is 31.2 Å². The number of thiazole rings is 2. The number of hydrogen-bond acceptors (Lipinski definition) is 14. The van der Waals surface area contributed by atoms with Crippen molar-refractivity contribution in [3.63, 3.8) is 0 Å². The first-order chi connectivity index (χ1) is 26.8. The van der Waals surface area contributed by atoms with Gasteiger partial charge in [-0.3, -0.25) is 38.8 Å². The zero-order valence-electron chi connectivity index (χ0n) is 33.5. The summed E-state index contributed by atoms with van der Waals surface area (Å²) in [5.74, 6) is -1.85. The molecule has 0 aromatic carbocycles. The second-order valence-electron chi connectivity index (χ2n) is 13.5. The smallest absolute Gasteiger partial charge is 0.227 e. The summed E-state index contributed by atoms with van der Waals surface area (Å²) in [7, 11) is 1.66. The Hall–Kier alpha value is -4.35. The monoisotopic (exact) mass is 814 g/mol. The lowest BCUT2D eigenvalue weighted by Gasteiger charge is -2.11. The van der Waals surface area contributed by atoms with E-state index >= 15 is 0 Å². The van der Waals surface area contributed by atoms with Crippen molar-refractivity contribution in [1.29, 1.82) is 0 Å². The van der Waals surface area contributed by atoms with Gasteiger partial charge in [-0.2, -0.15) is 0 Å². The van der Waals surface area contributed by atoms with Crippen molar-refractivity contribution in [2.24, 2.45) is 9.98 Å². The summed E-state index contributed by atoms with van der Waals surface area (Å²) in [6.07, 6.45) is 9.29. The van der Waals surface area contributed by atoms with Crippen LogP contribution in [0, 0.1) is 0 Å². The van der Waals surface area contributed by atoms with Gasteiger partial charge in [-0.05, 0) is 72.3 Å². The van der Waals surface area contributed by atoms with E-state index in [4.69, 9.17) is 0 Å². The van der Waals surface area contributed by atoms with Gasteiger partial charge in [0.15, 0.2) is 11.6 Å². The number of nitrogens with one attached hydrogen (secondary N) is 4. The minimum atomic E-state index is -0.673. The summed E-state index contributed by atoms with van der Waals surface area (Å²) in [5, 5.41) is 15.4. The summed E-state index contributed by atoms with van der Waals surface area (Å²) in [6.45, 7) is 10.00. The van der Waals surface area contributed by atoms with Crippen LogP contribution in [0.25, 0.3) is 0 Å². The van der Waals surface area contributed by atoms with E-state index in [2.05, 4.69) is 62.0 Å². The number of amides is 3. The van der Waals surface area contributed by atoms with Gasteiger partial charge in [-0.15, -0.1) is 22.7 Å². The molecule has 0 radical (unpaired) electrons. The molecule has 0 aliphatic carbocycles. The van der Waals surface area contributed by atoms with E-state index in [-0.39, 0.29) is 55.0 Å². The molecule has 308 valence electrons. The van der Waals surface area contributed by atoms with E-state index in [9.17, 15) is 33.6 Å². The fourth-order valence-corrected chi connectivity index (χ4v) is 7.30. The third kappa shape index (κ3) is 18.1. The summed E-state index contributed by atoms with van der Waals surface area (Å²) >= 11 is 2.72. The third-order valence-corrected chi connectivity index (χ3v) is 10.8. The molecule has 0 saturated carbocycles. The number of carbonyl (C=O) groups excluding carboxylic acids is 7. The number of ketones is 3. The van der Waals surface area contributed by atoms with Gasteiger partial charge in [0.25, 0.3) is 0 Å². The minimum absolute atomic E-state index is 0.190. The van der Waals surface area contributed by atoms with Crippen LogP contribution in [-0.4, -0.2) is 101 Å². The number of Topliss-reactive ketones (excluding diaryl/α,β-unsaturated/α-hetero) is 3. The first-order valence-corrected chi connectivity index (χ1v) is 21.0. The number of nitrogens with zero attached hydrogens (tertiary/aromatic N) is 4. The molecule has 0 saturated heterocycles. The Morgan fingerprint density at radius 1 is 0.804 bits per heavy atom. The van der Waals surface area contributed by atoms with E-state index in [1.54, 1.807) is 19.4 Å². The van der Waals surface area contributed by atoms with Crippen LogP contribution in [-0.2, 0) is 48.2 Å². The van der Waals surface area contributed by atoms with Crippen LogP contribution in [0.1, 0.15) is 125 Å². The van der Waals surface area contributed by atoms with Crippen molar-refractivity contribution in [2.75, 3.05) is 13.6 Å². The fourth-order valence-electron chi connectivity index (χ4n) is 5.73. The quantitative estimate of drug-likeness (QED) is 0.0762. The molecule has 4 rings (SSSR count). The highest BCUT2D eigenvalue weighted by molar-refractivity contribution is 7.10. The van der Waals surface area contributed by atoms with Crippen molar-refractivity contribution >= 4 is 76.0 Å². The number of aliphatic imine (C=N–C) groups is 2. The Balaban J connectivity index is 0.000000515. The molecule has 2 aromatic heterocycles. The first kappa shape index (κ1) is 47.8. The predicted molar refractivity (Wildman–Crippen MR) is 220 cm³/mol. The van der Waals surface area contributed by atoms with Gasteiger partial charge in [0.05, 0.1) is 48.7 Å². The molecule has 2 aliphatic heterocycles. The van der Waals surface area contributed by atoms with Crippen LogP contribution in [0.4, 0.5) is 0 Å². The van der Waals surface area contributed by atoms with Crippen molar-refractivity contribution in [2.45, 2.75) is 142 Å². The molecule has 0 fully saturated rings. The molecular weight excluding hydrogens is 757 g/mol. The molecule has 15 nitrogen and oxygen atoms in total. The van der Waals surface area contributed by atoms with E-state index in [1.165, 1.54) is 41.2 Å². The lowest BCUT2D eigenvalue weighted by atomic mass is 10.1. The first-order valence-electron chi connectivity index (χ1n) is 19.3. The molecule has 4 heterocycles. The van der Waals surface area contributed by atoms with Gasteiger partial charge in [0, 0.05) is 47.1 Å². The summed E-state index contributed by atoms with van der Waals surface area (Å²) in [5.41, 5.74) is 3.57. The Morgan fingerprint density at radius 2 is 1.41 bits per heavy atom. The average Bonchev–Trinajstić information content (AvgIpc) is 4.01. The van der Waals surface area contributed by atoms with Crippen LogP contribution in [0.2, 0.25) is 0 Å². The fraction of sp³-hybridized carbons (Fsp3) is 0.615.